The number of carbonyl (C=O) groups is 1. The number of nitrogens with two attached hydrogens (primary N) is 1. The van der Waals surface area contributed by atoms with Crippen molar-refractivity contribution in [1.82, 2.24) is 9.97 Å². The predicted molar refractivity (Wildman–Crippen MR) is 113 cm³/mol. The molecule has 8 heteroatoms. The zero-order valence-electron chi connectivity index (χ0n) is 16.2. The van der Waals surface area contributed by atoms with Crippen LogP contribution in [0.5, 0.6) is 0 Å². The van der Waals surface area contributed by atoms with Crippen LogP contribution in [0.3, 0.4) is 0 Å². The standard InChI is InChI=1S/C21H23N5O3/c1-2-29-21(27)19-20(25-17-8-3-14(22)13-18(17)24-19)23-15-4-6-16(7-5-15)26-9-11-28-12-10-26/h3-8,13H,2,9-12,22H2,1H3,(H,23,25). The van der Waals surface area contributed by atoms with Crippen molar-refractivity contribution >= 4 is 39.9 Å². The molecule has 0 amide bonds. The molecule has 0 saturated carbocycles. The third kappa shape index (κ3) is 4.22. The quantitative estimate of drug-likeness (QED) is 0.504. The molecule has 3 N–H and O–H groups in total. The lowest BCUT2D eigenvalue weighted by molar-refractivity contribution is 0.0521. The van der Waals surface area contributed by atoms with E-state index in [9.17, 15) is 4.79 Å². The van der Waals surface area contributed by atoms with Crippen LogP contribution in [0, 0.1) is 0 Å². The number of esters is 1. The number of carbonyl (C=O) groups excluding carboxylic acids is 1. The number of benzene rings is 2. The summed E-state index contributed by atoms with van der Waals surface area (Å²) in [6.07, 6.45) is 0. The van der Waals surface area contributed by atoms with E-state index in [0.717, 1.165) is 37.7 Å². The Balaban J connectivity index is 1.64. The minimum absolute atomic E-state index is 0.127. The summed E-state index contributed by atoms with van der Waals surface area (Å²) in [4.78, 5) is 23.7. The monoisotopic (exact) mass is 393 g/mol. The van der Waals surface area contributed by atoms with Gasteiger partial charge in [-0.15, -0.1) is 0 Å². The maximum absolute atomic E-state index is 12.4. The third-order valence-corrected chi connectivity index (χ3v) is 4.66. The van der Waals surface area contributed by atoms with Gasteiger partial charge in [-0.05, 0) is 49.4 Å². The Labute approximate surface area is 168 Å². The third-order valence-electron chi connectivity index (χ3n) is 4.66. The number of nitrogens with one attached hydrogen (secondary N) is 1. The number of aromatic nitrogens is 2. The number of fused-ring (bicyclic) bond motifs is 1. The summed E-state index contributed by atoms with van der Waals surface area (Å²) in [6.45, 7) is 5.23. The number of ether oxygens (including phenoxy) is 2. The molecule has 150 valence electrons. The first-order valence-corrected chi connectivity index (χ1v) is 9.58. The van der Waals surface area contributed by atoms with Crippen LogP contribution in [0.1, 0.15) is 17.4 Å². The van der Waals surface area contributed by atoms with Gasteiger partial charge >= 0.3 is 5.97 Å². The van der Waals surface area contributed by atoms with Crippen molar-refractivity contribution in [3.8, 4) is 0 Å². The summed E-state index contributed by atoms with van der Waals surface area (Å²) in [7, 11) is 0. The predicted octanol–water partition coefficient (Wildman–Crippen LogP) is 2.97. The molecule has 0 unspecified atom stereocenters. The van der Waals surface area contributed by atoms with Crippen LogP contribution in [0.25, 0.3) is 11.0 Å². The smallest absolute Gasteiger partial charge is 0.360 e. The first kappa shape index (κ1) is 18.9. The molecule has 4 rings (SSSR count). The fourth-order valence-electron chi connectivity index (χ4n) is 3.21. The molecule has 2 aromatic carbocycles. The molecule has 0 atom stereocenters. The van der Waals surface area contributed by atoms with Crippen LogP contribution in [0.2, 0.25) is 0 Å². The largest absolute Gasteiger partial charge is 0.461 e. The topological polar surface area (TPSA) is 103 Å². The Kier molecular flexibility index (Phi) is 5.44. The second-order valence-electron chi connectivity index (χ2n) is 6.66. The molecule has 1 aromatic heterocycles. The van der Waals surface area contributed by atoms with Gasteiger partial charge in [0.1, 0.15) is 0 Å². The summed E-state index contributed by atoms with van der Waals surface area (Å²) in [5.74, 6) is -0.184. The highest BCUT2D eigenvalue weighted by atomic mass is 16.5. The van der Waals surface area contributed by atoms with Crippen LogP contribution in [0.4, 0.5) is 22.9 Å². The first-order chi connectivity index (χ1) is 14.1. The lowest BCUT2D eigenvalue weighted by Gasteiger charge is -2.28. The molecule has 0 bridgehead atoms. The number of nitrogens with zero attached hydrogens (tertiary/aromatic N) is 3. The number of hydrogen-bond acceptors (Lipinski definition) is 8. The molecule has 1 fully saturated rings. The van der Waals surface area contributed by atoms with Gasteiger partial charge in [0.2, 0.25) is 0 Å². The molecule has 8 nitrogen and oxygen atoms in total. The molecule has 0 spiro atoms. The molecular weight excluding hydrogens is 370 g/mol. The van der Waals surface area contributed by atoms with Crippen LogP contribution in [-0.2, 0) is 9.47 Å². The fraction of sp³-hybridized carbons (Fsp3) is 0.286. The molecule has 1 aliphatic rings. The van der Waals surface area contributed by atoms with Gasteiger partial charge in [0.05, 0.1) is 30.9 Å². The highest BCUT2D eigenvalue weighted by molar-refractivity contribution is 5.96. The second kappa shape index (κ2) is 8.32. The first-order valence-electron chi connectivity index (χ1n) is 9.58. The lowest BCUT2D eigenvalue weighted by atomic mass is 10.2. The maximum atomic E-state index is 12.4. The average molecular weight is 393 g/mol. The van der Waals surface area contributed by atoms with Crippen molar-refractivity contribution in [2.45, 2.75) is 6.92 Å². The van der Waals surface area contributed by atoms with Crippen molar-refractivity contribution in [2.75, 3.05) is 48.9 Å². The molecule has 1 aliphatic heterocycles. The van der Waals surface area contributed by atoms with Gasteiger partial charge in [-0.3, -0.25) is 0 Å². The highest BCUT2D eigenvalue weighted by Crippen LogP contribution is 2.25. The van der Waals surface area contributed by atoms with Crippen LogP contribution in [-0.4, -0.2) is 48.8 Å². The van der Waals surface area contributed by atoms with Gasteiger partial charge in [-0.1, -0.05) is 0 Å². The number of anilines is 4. The molecule has 0 aliphatic carbocycles. The highest BCUT2D eigenvalue weighted by Gasteiger charge is 2.18. The van der Waals surface area contributed by atoms with E-state index in [1.165, 1.54) is 0 Å². The van der Waals surface area contributed by atoms with Gasteiger partial charge in [0, 0.05) is 30.2 Å². The average Bonchev–Trinajstić information content (AvgIpc) is 2.75. The molecule has 1 saturated heterocycles. The summed E-state index contributed by atoms with van der Waals surface area (Å²) in [5.41, 5.74) is 9.63. The summed E-state index contributed by atoms with van der Waals surface area (Å²) in [6, 6.07) is 13.2. The molecule has 3 aromatic rings. The van der Waals surface area contributed by atoms with Crippen molar-refractivity contribution < 1.29 is 14.3 Å². The van der Waals surface area contributed by atoms with Gasteiger partial charge in [-0.2, -0.15) is 0 Å². The Bertz CT molecular complexity index is 1020. The summed E-state index contributed by atoms with van der Waals surface area (Å²) >= 11 is 0. The van der Waals surface area contributed by atoms with Crippen molar-refractivity contribution in [1.29, 1.82) is 0 Å². The van der Waals surface area contributed by atoms with E-state index in [-0.39, 0.29) is 12.3 Å². The van der Waals surface area contributed by atoms with E-state index >= 15 is 0 Å². The molecular formula is C21H23N5O3. The van der Waals surface area contributed by atoms with Gasteiger partial charge in [0.25, 0.3) is 0 Å². The molecule has 29 heavy (non-hydrogen) atoms. The van der Waals surface area contributed by atoms with E-state index in [4.69, 9.17) is 15.2 Å². The number of nitrogen functional groups attached to an aromatic ring is 1. The van der Waals surface area contributed by atoms with Crippen molar-refractivity contribution in [3.63, 3.8) is 0 Å². The maximum Gasteiger partial charge on any atom is 0.360 e. The van der Waals surface area contributed by atoms with Crippen molar-refractivity contribution in [2.24, 2.45) is 0 Å². The number of rotatable bonds is 5. The SMILES string of the molecule is CCOC(=O)c1nc2cc(N)ccc2nc1Nc1ccc(N2CCOCC2)cc1. The summed E-state index contributed by atoms with van der Waals surface area (Å²) in [5, 5.41) is 3.20. The number of hydrogen-bond donors (Lipinski definition) is 2. The minimum atomic E-state index is -0.531. The lowest BCUT2D eigenvalue weighted by Crippen LogP contribution is -2.36. The molecule has 0 radical (unpaired) electrons. The van der Waals surface area contributed by atoms with E-state index < -0.39 is 5.97 Å². The van der Waals surface area contributed by atoms with Crippen LogP contribution < -0.4 is 16.0 Å². The van der Waals surface area contributed by atoms with E-state index in [1.807, 2.05) is 24.3 Å². The van der Waals surface area contributed by atoms with Gasteiger partial charge in [0.15, 0.2) is 11.5 Å². The van der Waals surface area contributed by atoms with Crippen LogP contribution >= 0.6 is 0 Å². The Morgan fingerprint density at radius 3 is 2.62 bits per heavy atom. The van der Waals surface area contributed by atoms with Gasteiger partial charge < -0.3 is 25.4 Å². The number of morpholine rings is 1. The van der Waals surface area contributed by atoms with Gasteiger partial charge in [-0.25, -0.2) is 14.8 Å². The van der Waals surface area contributed by atoms with Crippen LogP contribution in [0.15, 0.2) is 42.5 Å². The normalized spacial score (nSPS) is 14.0. The minimum Gasteiger partial charge on any atom is -0.461 e. The Morgan fingerprint density at radius 1 is 1.14 bits per heavy atom. The van der Waals surface area contributed by atoms with E-state index in [2.05, 4.69) is 20.2 Å². The van der Waals surface area contributed by atoms with E-state index in [1.54, 1.807) is 25.1 Å². The fourth-order valence-corrected chi connectivity index (χ4v) is 3.21. The molecule has 2 heterocycles. The Morgan fingerprint density at radius 2 is 1.90 bits per heavy atom. The van der Waals surface area contributed by atoms with Crippen molar-refractivity contribution in [3.05, 3.63) is 48.2 Å². The van der Waals surface area contributed by atoms with E-state index in [0.29, 0.717) is 22.5 Å². The summed E-state index contributed by atoms with van der Waals surface area (Å²) < 4.78 is 10.6. The zero-order valence-corrected chi connectivity index (χ0v) is 16.2. The second-order valence-corrected chi connectivity index (χ2v) is 6.66. The Hall–Kier alpha value is -3.39. The zero-order chi connectivity index (χ0) is 20.2.